The van der Waals surface area contributed by atoms with E-state index in [9.17, 15) is 35.2 Å². The number of amides is 2. The number of aryl methyl sites for hydroxylation is 1. The third-order valence-corrected chi connectivity index (χ3v) is 5.08. The number of hydrogen-bond donors (Lipinski definition) is 3. The maximum atomic E-state index is 12.8. The molecule has 0 fully saturated rings. The number of aromatic hydroxyl groups is 1. The highest BCUT2D eigenvalue weighted by Gasteiger charge is 2.25. The monoisotopic (exact) mass is 468 g/mol. The van der Waals surface area contributed by atoms with Crippen LogP contribution in [0, 0.1) is 21.4 Å². The van der Waals surface area contributed by atoms with E-state index in [0.29, 0.717) is 12.8 Å². The molecular weight excluding hydrogens is 444 g/mol. The SMILES string of the molecule is COc1cc(/C(O)=C(\C#N)C(=O)N(C)CCCc2ccccc2CC(N)=O)cc([N+](=O)[O-])c1O. The van der Waals surface area contributed by atoms with Gasteiger partial charge in [0.1, 0.15) is 11.8 Å². The van der Waals surface area contributed by atoms with E-state index in [4.69, 9.17) is 10.5 Å². The van der Waals surface area contributed by atoms with Crippen molar-refractivity contribution in [2.24, 2.45) is 5.73 Å². The van der Waals surface area contributed by atoms with Gasteiger partial charge in [-0.05, 0) is 30.0 Å². The van der Waals surface area contributed by atoms with Gasteiger partial charge in [-0.25, -0.2) is 0 Å². The Kier molecular flexibility index (Phi) is 8.55. The first kappa shape index (κ1) is 25.7. The number of carbonyl (C=O) groups excluding carboxylic acids is 2. The number of primary amides is 1. The van der Waals surface area contributed by atoms with E-state index in [1.165, 1.54) is 11.9 Å². The van der Waals surface area contributed by atoms with Gasteiger partial charge >= 0.3 is 5.69 Å². The lowest BCUT2D eigenvalue weighted by Gasteiger charge is -2.18. The number of aliphatic hydroxyl groups is 1. The van der Waals surface area contributed by atoms with E-state index in [1.807, 2.05) is 12.1 Å². The summed E-state index contributed by atoms with van der Waals surface area (Å²) in [5.41, 5.74) is 5.36. The number of likely N-dealkylation sites (N-methyl/N-ethyl adjacent to an activating group) is 1. The molecular formula is C23H24N4O7. The lowest BCUT2D eigenvalue weighted by Crippen LogP contribution is -2.29. The van der Waals surface area contributed by atoms with Crippen LogP contribution in [-0.4, -0.2) is 52.6 Å². The van der Waals surface area contributed by atoms with E-state index in [-0.39, 0.29) is 24.3 Å². The second-order valence-corrected chi connectivity index (χ2v) is 7.38. The Morgan fingerprint density at radius 3 is 2.47 bits per heavy atom. The molecule has 34 heavy (non-hydrogen) atoms. The van der Waals surface area contributed by atoms with Crippen LogP contribution in [0.3, 0.4) is 0 Å². The Hall–Kier alpha value is -4.59. The maximum absolute atomic E-state index is 12.8. The second kappa shape index (κ2) is 11.3. The molecule has 4 N–H and O–H groups in total. The lowest BCUT2D eigenvalue weighted by atomic mass is 10.00. The van der Waals surface area contributed by atoms with Crippen molar-refractivity contribution in [3.63, 3.8) is 0 Å². The predicted molar refractivity (Wildman–Crippen MR) is 122 cm³/mol. The van der Waals surface area contributed by atoms with E-state index in [0.717, 1.165) is 30.4 Å². The molecule has 0 aromatic heterocycles. The zero-order chi connectivity index (χ0) is 25.4. The van der Waals surface area contributed by atoms with Crippen LogP contribution in [0.5, 0.6) is 11.5 Å². The number of phenols is 1. The number of nitrogens with two attached hydrogens (primary N) is 1. The largest absolute Gasteiger partial charge is 0.506 e. The third-order valence-electron chi connectivity index (χ3n) is 5.08. The molecule has 0 aliphatic carbocycles. The minimum atomic E-state index is -0.884. The van der Waals surface area contributed by atoms with Crippen LogP contribution in [0.15, 0.2) is 42.0 Å². The van der Waals surface area contributed by atoms with Crippen LogP contribution >= 0.6 is 0 Å². The van der Waals surface area contributed by atoms with Crippen molar-refractivity contribution in [3.8, 4) is 17.6 Å². The molecule has 2 rings (SSSR count). The van der Waals surface area contributed by atoms with Gasteiger partial charge in [0, 0.05) is 25.2 Å². The summed E-state index contributed by atoms with van der Waals surface area (Å²) < 4.78 is 4.88. The molecule has 2 amide bonds. The molecule has 178 valence electrons. The minimum absolute atomic E-state index is 0.0996. The van der Waals surface area contributed by atoms with E-state index in [2.05, 4.69) is 0 Å². The number of nitriles is 1. The zero-order valence-corrected chi connectivity index (χ0v) is 18.6. The number of nitro benzene ring substituents is 1. The first-order chi connectivity index (χ1) is 16.1. The Labute approximate surface area is 195 Å². The van der Waals surface area contributed by atoms with Gasteiger partial charge in [0.05, 0.1) is 18.5 Å². The number of phenolic OH excluding ortho intramolecular Hbond substituents is 1. The average Bonchev–Trinajstić information content (AvgIpc) is 2.79. The Morgan fingerprint density at radius 2 is 1.91 bits per heavy atom. The smallest absolute Gasteiger partial charge is 0.315 e. The van der Waals surface area contributed by atoms with Gasteiger partial charge in [-0.3, -0.25) is 19.7 Å². The quantitative estimate of drug-likeness (QED) is 0.156. The molecule has 2 aromatic carbocycles. The molecule has 0 atom stereocenters. The molecule has 0 aliphatic heterocycles. The molecule has 0 heterocycles. The summed E-state index contributed by atoms with van der Waals surface area (Å²) in [5.74, 6) is -3.08. The molecule has 2 aromatic rings. The highest BCUT2D eigenvalue weighted by molar-refractivity contribution is 6.03. The number of hydrogen-bond acceptors (Lipinski definition) is 8. The van der Waals surface area contributed by atoms with Gasteiger partial charge in [0.25, 0.3) is 5.91 Å². The molecule has 0 unspecified atom stereocenters. The molecule has 0 radical (unpaired) electrons. The predicted octanol–water partition coefficient (Wildman–Crippen LogP) is 2.22. The summed E-state index contributed by atoms with van der Waals surface area (Å²) in [6.07, 6.45) is 1.14. The van der Waals surface area contributed by atoms with Crippen molar-refractivity contribution >= 4 is 23.3 Å². The Balaban J connectivity index is 2.22. The van der Waals surface area contributed by atoms with Crippen LogP contribution in [0.25, 0.3) is 5.76 Å². The number of benzene rings is 2. The normalized spacial score (nSPS) is 11.2. The number of nitrogens with zero attached hydrogens (tertiary/aromatic N) is 3. The summed E-state index contributed by atoms with van der Waals surface area (Å²) in [4.78, 5) is 35.6. The van der Waals surface area contributed by atoms with Gasteiger partial charge in [0.15, 0.2) is 11.3 Å². The van der Waals surface area contributed by atoms with Crippen molar-refractivity contribution in [3.05, 3.63) is 68.8 Å². The highest BCUT2D eigenvalue weighted by Crippen LogP contribution is 2.38. The molecule has 11 heteroatoms. The van der Waals surface area contributed by atoms with E-state index < -0.39 is 39.5 Å². The lowest BCUT2D eigenvalue weighted by molar-refractivity contribution is -0.386. The highest BCUT2D eigenvalue weighted by atomic mass is 16.6. The molecule has 0 saturated heterocycles. The van der Waals surface area contributed by atoms with Crippen LogP contribution in [0.1, 0.15) is 23.1 Å². The van der Waals surface area contributed by atoms with Crippen molar-refractivity contribution in [1.82, 2.24) is 4.90 Å². The number of methoxy groups -OCH3 is 1. The summed E-state index contributed by atoms with van der Waals surface area (Å²) >= 11 is 0. The van der Waals surface area contributed by atoms with Crippen molar-refractivity contribution in [2.45, 2.75) is 19.3 Å². The van der Waals surface area contributed by atoms with E-state index in [1.54, 1.807) is 18.2 Å². The van der Waals surface area contributed by atoms with Gasteiger partial charge in [-0.2, -0.15) is 5.26 Å². The van der Waals surface area contributed by atoms with Crippen LogP contribution in [0.2, 0.25) is 0 Å². The Morgan fingerprint density at radius 1 is 1.26 bits per heavy atom. The molecule has 11 nitrogen and oxygen atoms in total. The zero-order valence-electron chi connectivity index (χ0n) is 18.6. The van der Waals surface area contributed by atoms with Gasteiger partial charge < -0.3 is 25.6 Å². The topological polar surface area (TPSA) is 180 Å². The average molecular weight is 468 g/mol. The molecule has 0 spiro atoms. The fourth-order valence-corrected chi connectivity index (χ4v) is 3.33. The van der Waals surface area contributed by atoms with Crippen LogP contribution in [-0.2, 0) is 22.4 Å². The third kappa shape index (κ3) is 6.01. The number of ether oxygens (including phenoxy) is 1. The van der Waals surface area contributed by atoms with Crippen molar-refractivity contribution in [2.75, 3.05) is 20.7 Å². The summed E-state index contributed by atoms with van der Waals surface area (Å²) in [6, 6.07) is 10.8. The number of aliphatic hydroxyl groups excluding tert-OH is 1. The summed E-state index contributed by atoms with van der Waals surface area (Å²) in [7, 11) is 2.61. The first-order valence-corrected chi connectivity index (χ1v) is 10.1. The van der Waals surface area contributed by atoms with E-state index >= 15 is 0 Å². The minimum Gasteiger partial charge on any atom is -0.506 e. The molecule has 0 bridgehead atoms. The van der Waals surface area contributed by atoms with Crippen LogP contribution < -0.4 is 10.5 Å². The van der Waals surface area contributed by atoms with Crippen molar-refractivity contribution in [1.29, 1.82) is 5.26 Å². The molecule has 0 saturated carbocycles. The van der Waals surface area contributed by atoms with Gasteiger partial charge in [0.2, 0.25) is 11.7 Å². The molecule has 0 aliphatic rings. The summed E-state index contributed by atoms with van der Waals surface area (Å²) in [5, 5.41) is 41.1. The number of nitro groups is 1. The standard InChI is InChI=1S/C23H24N4O7/c1-26(9-5-8-14-6-3-4-7-15(14)12-20(25)28)23(31)17(13-24)21(29)16-10-18(27(32)33)22(30)19(11-16)34-2/h3-4,6-7,10-11,29-30H,5,8-9,12H2,1-2H3,(H2,25,28)/b21-17-. The fourth-order valence-electron chi connectivity index (χ4n) is 3.33. The van der Waals surface area contributed by atoms with Crippen molar-refractivity contribution < 1.29 is 29.5 Å². The number of carbonyl (C=O) groups is 2. The van der Waals surface area contributed by atoms with Gasteiger partial charge in [-0.1, -0.05) is 24.3 Å². The Bertz CT molecular complexity index is 1180. The fraction of sp³-hybridized carbons (Fsp3) is 0.261. The van der Waals surface area contributed by atoms with Crippen LogP contribution in [0.4, 0.5) is 5.69 Å². The maximum Gasteiger partial charge on any atom is 0.315 e. The number of rotatable bonds is 10. The summed E-state index contributed by atoms with van der Waals surface area (Å²) in [6.45, 7) is 0.223. The van der Waals surface area contributed by atoms with Gasteiger partial charge in [-0.15, -0.1) is 0 Å². The second-order valence-electron chi connectivity index (χ2n) is 7.38. The first-order valence-electron chi connectivity index (χ1n) is 10.1.